The zero-order valence-electron chi connectivity index (χ0n) is 11.5. The van der Waals surface area contributed by atoms with Crippen molar-refractivity contribution in [2.75, 3.05) is 6.61 Å². The van der Waals surface area contributed by atoms with Crippen LogP contribution in [0.5, 0.6) is 5.75 Å². The van der Waals surface area contributed by atoms with Crippen LogP contribution in [-0.4, -0.2) is 22.4 Å². The number of ether oxygens (including phenoxy) is 1. The highest BCUT2D eigenvalue weighted by molar-refractivity contribution is 6.11. The summed E-state index contributed by atoms with van der Waals surface area (Å²) in [6, 6.07) is 12.2. The van der Waals surface area contributed by atoms with Gasteiger partial charge in [-0.1, -0.05) is 12.1 Å². The molecule has 3 rings (SSSR count). The average Bonchev–Trinajstić information content (AvgIpc) is 2.86. The molecule has 0 bridgehead atoms. The molecule has 21 heavy (non-hydrogen) atoms. The first-order valence-electron chi connectivity index (χ1n) is 6.67. The van der Waals surface area contributed by atoms with Gasteiger partial charge in [-0.3, -0.25) is 4.79 Å². The third kappa shape index (κ3) is 2.45. The number of carbonyl (C=O) groups excluding carboxylic acids is 1. The molecule has 1 aromatic heterocycles. The lowest BCUT2D eigenvalue weighted by molar-refractivity contribution is 0.103. The Hall–Kier alpha value is -2.82. The molecule has 0 amide bonds. The Kier molecular flexibility index (Phi) is 3.31. The lowest BCUT2D eigenvalue weighted by atomic mass is 10.0. The van der Waals surface area contributed by atoms with Crippen LogP contribution in [0.15, 0.2) is 47.3 Å². The number of carbonyl (C=O) groups is 1. The summed E-state index contributed by atoms with van der Waals surface area (Å²) in [7, 11) is 0. The number of nitrogens with one attached hydrogen (secondary N) is 2. The zero-order chi connectivity index (χ0) is 14.8. The summed E-state index contributed by atoms with van der Waals surface area (Å²) in [5.41, 5.74) is 2.01. The van der Waals surface area contributed by atoms with E-state index >= 15 is 0 Å². The number of ketones is 1. The van der Waals surface area contributed by atoms with Crippen LogP contribution in [0.4, 0.5) is 0 Å². The first-order valence-corrected chi connectivity index (χ1v) is 6.67. The fourth-order valence-corrected chi connectivity index (χ4v) is 2.26. The summed E-state index contributed by atoms with van der Waals surface area (Å²) >= 11 is 0. The van der Waals surface area contributed by atoms with Crippen LogP contribution in [0.25, 0.3) is 11.0 Å². The largest absolute Gasteiger partial charge is 0.493 e. The van der Waals surface area contributed by atoms with Crippen LogP contribution in [0.1, 0.15) is 22.8 Å². The number of rotatable bonds is 4. The van der Waals surface area contributed by atoms with E-state index in [0.717, 1.165) is 0 Å². The molecular formula is C16H14N2O3. The van der Waals surface area contributed by atoms with Gasteiger partial charge >= 0.3 is 5.69 Å². The number of H-pyrrole nitrogens is 2. The molecule has 0 aliphatic carbocycles. The van der Waals surface area contributed by atoms with Crippen molar-refractivity contribution in [2.45, 2.75) is 6.92 Å². The van der Waals surface area contributed by atoms with Crippen LogP contribution >= 0.6 is 0 Å². The van der Waals surface area contributed by atoms with Crippen molar-refractivity contribution >= 4 is 16.8 Å². The molecule has 1 heterocycles. The fraction of sp³-hybridized carbons (Fsp3) is 0.125. The van der Waals surface area contributed by atoms with E-state index in [1.165, 1.54) is 0 Å². The van der Waals surface area contributed by atoms with E-state index in [0.29, 0.717) is 34.5 Å². The van der Waals surface area contributed by atoms with Gasteiger partial charge in [-0.25, -0.2) is 4.79 Å². The number of hydrogen-bond acceptors (Lipinski definition) is 3. The molecule has 5 heteroatoms. The summed E-state index contributed by atoms with van der Waals surface area (Å²) in [4.78, 5) is 29.2. The Morgan fingerprint density at radius 2 is 1.86 bits per heavy atom. The Morgan fingerprint density at radius 3 is 2.67 bits per heavy atom. The Balaban J connectivity index is 2.05. The van der Waals surface area contributed by atoms with Gasteiger partial charge in [0.05, 0.1) is 23.2 Å². The Labute approximate surface area is 120 Å². The molecule has 0 radical (unpaired) electrons. The number of aromatic nitrogens is 2. The molecule has 0 fully saturated rings. The van der Waals surface area contributed by atoms with Gasteiger partial charge in [-0.2, -0.15) is 0 Å². The lowest BCUT2D eigenvalue weighted by Crippen LogP contribution is -2.05. The van der Waals surface area contributed by atoms with Gasteiger partial charge in [-0.05, 0) is 37.3 Å². The van der Waals surface area contributed by atoms with E-state index in [1.807, 2.05) is 13.0 Å². The van der Waals surface area contributed by atoms with Crippen molar-refractivity contribution < 1.29 is 9.53 Å². The van der Waals surface area contributed by atoms with E-state index in [2.05, 4.69) is 9.97 Å². The van der Waals surface area contributed by atoms with Crippen molar-refractivity contribution in [3.05, 3.63) is 64.1 Å². The first kappa shape index (κ1) is 13.2. The minimum atomic E-state index is -0.288. The molecule has 0 atom stereocenters. The molecule has 0 aliphatic rings. The van der Waals surface area contributed by atoms with Gasteiger partial charge in [0.15, 0.2) is 5.78 Å². The molecule has 0 spiro atoms. The second-order valence-corrected chi connectivity index (χ2v) is 4.60. The molecule has 5 nitrogen and oxygen atoms in total. The van der Waals surface area contributed by atoms with Gasteiger partial charge in [0.25, 0.3) is 0 Å². The van der Waals surface area contributed by atoms with Crippen molar-refractivity contribution in [2.24, 2.45) is 0 Å². The minimum absolute atomic E-state index is 0.136. The van der Waals surface area contributed by atoms with Gasteiger partial charge in [0.1, 0.15) is 5.75 Å². The summed E-state index contributed by atoms with van der Waals surface area (Å²) in [5, 5.41) is 0. The van der Waals surface area contributed by atoms with Crippen molar-refractivity contribution in [1.82, 2.24) is 9.97 Å². The van der Waals surface area contributed by atoms with E-state index in [-0.39, 0.29) is 11.5 Å². The molecule has 0 saturated heterocycles. The minimum Gasteiger partial charge on any atom is -0.493 e. The summed E-state index contributed by atoms with van der Waals surface area (Å²) < 4.78 is 5.49. The second kappa shape index (κ2) is 5.28. The fourth-order valence-electron chi connectivity index (χ4n) is 2.26. The van der Waals surface area contributed by atoms with Gasteiger partial charge in [0, 0.05) is 5.56 Å². The summed E-state index contributed by atoms with van der Waals surface area (Å²) in [6.45, 7) is 2.37. The van der Waals surface area contributed by atoms with Crippen LogP contribution < -0.4 is 10.4 Å². The van der Waals surface area contributed by atoms with Crippen molar-refractivity contribution in [3.63, 3.8) is 0 Å². The summed E-state index contributed by atoms with van der Waals surface area (Å²) in [5.74, 6) is 0.427. The molecule has 0 saturated carbocycles. The van der Waals surface area contributed by atoms with Gasteiger partial charge in [-0.15, -0.1) is 0 Å². The number of fused-ring (bicyclic) bond motifs is 1. The van der Waals surface area contributed by atoms with Gasteiger partial charge < -0.3 is 14.7 Å². The van der Waals surface area contributed by atoms with E-state index in [4.69, 9.17) is 4.74 Å². The Bertz CT molecular complexity index is 861. The number of benzene rings is 2. The van der Waals surface area contributed by atoms with Crippen LogP contribution in [0.3, 0.4) is 0 Å². The molecule has 2 aromatic carbocycles. The molecule has 2 N–H and O–H groups in total. The van der Waals surface area contributed by atoms with Crippen LogP contribution in [-0.2, 0) is 0 Å². The lowest BCUT2D eigenvalue weighted by Gasteiger charge is -2.09. The SMILES string of the molecule is CCOc1ccccc1C(=O)c1ccc2[nH]c(=O)[nH]c2c1. The van der Waals surface area contributed by atoms with E-state index in [1.54, 1.807) is 36.4 Å². The van der Waals surface area contributed by atoms with Crippen molar-refractivity contribution in [1.29, 1.82) is 0 Å². The number of imidazole rings is 1. The van der Waals surface area contributed by atoms with Crippen LogP contribution in [0, 0.1) is 0 Å². The number of hydrogen-bond donors (Lipinski definition) is 2. The van der Waals surface area contributed by atoms with Crippen molar-refractivity contribution in [3.8, 4) is 5.75 Å². The highest BCUT2D eigenvalue weighted by atomic mass is 16.5. The zero-order valence-corrected chi connectivity index (χ0v) is 11.5. The third-order valence-electron chi connectivity index (χ3n) is 3.21. The molecule has 0 unspecified atom stereocenters. The first-order chi connectivity index (χ1) is 10.2. The monoisotopic (exact) mass is 282 g/mol. The highest BCUT2D eigenvalue weighted by Crippen LogP contribution is 2.22. The summed E-state index contributed by atoms with van der Waals surface area (Å²) in [6.07, 6.45) is 0. The average molecular weight is 282 g/mol. The third-order valence-corrected chi connectivity index (χ3v) is 3.21. The smallest absolute Gasteiger partial charge is 0.323 e. The predicted molar refractivity (Wildman–Crippen MR) is 80.0 cm³/mol. The van der Waals surface area contributed by atoms with Crippen LogP contribution in [0.2, 0.25) is 0 Å². The quantitative estimate of drug-likeness (QED) is 0.722. The van der Waals surface area contributed by atoms with Gasteiger partial charge in [0.2, 0.25) is 0 Å². The second-order valence-electron chi connectivity index (χ2n) is 4.60. The van der Waals surface area contributed by atoms with E-state index < -0.39 is 0 Å². The normalized spacial score (nSPS) is 10.7. The molecule has 0 aliphatic heterocycles. The number of para-hydroxylation sites is 1. The maximum Gasteiger partial charge on any atom is 0.323 e. The standard InChI is InChI=1S/C16H14N2O3/c1-2-21-14-6-4-3-5-11(14)15(19)10-7-8-12-13(9-10)18-16(20)17-12/h3-9H,2H2,1H3,(H2,17,18,20). The van der Waals surface area contributed by atoms with E-state index in [9.17, 15) is 9.59 Å². The molecule has 3 aromatic rings. The predicted octanol–water partition coefficient (Wildman–Crippen LogP) is 2.49. The maximum atomic E-state index is 12.6. The highest BCUT2D eigenvalue weighted by Gasteiger charge is 2.15. The number of aromatic amines is 2. The Morgan fingerprint density at radius 1 is 1.10 bits per heavy atom. The molecule has 106 valence electrons. The maximum absolute atomic E-state index is 12.6. The topological polar surface area (TPSA) is 75.0 Å². The molecular weight excluding hydrogens is 268 g/mol.